The molecule has 1 saturated carbocycles. The van der Waals surface area contributed by atoms with Gasteiger partial charge in [0, 0.05) is 31.4 Å². The molecule has 10 heteroatoms. The van der Waals surface area contributed by atoms with Crippen LogP contribution >= 0.6 is 22.9 Å². The van der Waals surface area contributed by atoms with E-state index in [1.165, 1.54) is 47.4 Å². The SMILES string of the molecule is CO[C@H]1C[C@@H](C(=O)Nc2ccc(-n3ccccc3=O)cc2F)C[C@@H]1NC(=O)c1ccc(Cl)s1. The van der Waals surface area contributed by atoms with Gasteiger partial charge in [-0.1, -0.05) is 17.7 Å². The summed E-state index contributed by atoms with van der Waals surface area (Å²) in [6.07, 6.45) is 1.93. The lowest BCUT2D eigenvalue weighted by Crippen LogP contribution is -2.40. The summed E-state index contributed by atoms with van der Waals surface area (Å²) in [5.41, 5.74) is 0.0819. The van der Waals surface area contributed by atoms with Gasteiger partial charge in [0.05, 0.1) is 32.7 Å². The van der Waals surface area contributed by atoms with Crippen LogP contribution in [0.1, 0.15) is 22.5 Å². The predicted molar refractivity (Wildman–Crippen MR) is 125 cm³/mol. The monoisotopic (exact) mass is 489 g/mol. The van der Waals surface area contributed by atoms with E-state index in [9.17, 15) is 18.8 Å². The first-order chi connectivity index (χ1) is 15.9. The van der Waals surface area contributed by atoms with E-state index in [1.807, 2.05) is 0 Å². The summed E-state index contributed by atoms with van der Waals surface area (Å²) < 4.78 is 22.0. The summed E-state index contributed by atoms with van der Waals surface area (Å²) in [5.74, 6) is -1.77. The summed E-state index contributed by atoms with van der Waals surface area (Å²) in [4.78, 5) is 37.7. The molecular weight excluding hydrogens is 469 g/mol. The fourth-order valence-electron chi connectivity index (χ4n) is 3.93. The van der Waals surface area contributed by atoms with E-state index in [1.54, 1.807) is 30.3 Å². The molecule has 7 nitrogen and oxygen atoms in total. The minimum Gasteiger partial charge on any atom is -0.379 e. The average Bonchev–Trinajstić information content (AvgIpc) is 3.41. The molecule has 172 valence electrons. The van der Waals surface area contributed by atoms with Crippen LogP contribution in [-0.2, 0) is 9.53 Å². The van der Waals surface area contributed by atoms with Crippen LogP contribution in [0.2, 0.25) is 4.34 Å². The van der Waals surface area contributed by atoms with E-state index < -0.39 is 11.7 Å². The van der Waals surface area contributed by atoms with Crippen LogP contribution in [0.3, 0.4) is 0 Å². The molecule has 1 aromatic carbocycles. The largest absolute Gasteiger partial charge is 0.379 e. The van der Waals surface area contributed by atoms with E-state index in [4.69, 9.17) is 16.3 Å². The zero-order valence-electron chi connectivity index (χ0n) is 17.6. The quantitative estimate of drug-likeness (QED) is 0.550. The van der Waals surface area contributed by atoms with Crippen LogP contribution in [-0.4, -0.2) is 35.6 Å². The molecule has 0 unspecified atom stereocenters. The van der Waals surface area contributed by atoms with Crippen LogP contribution < -0.4 is 16.2 Å². The lowest BCUT2D eigenvalue weighted by molar-refractivity contribution is -0.120. The molecule has 0 radical (unpaired) electrons. The van der Waals surface area contributed by atoms with Crippen LogP contribution in [0.15, 0.2) is 59.5 Å². The Hall–Kier alpha value is -3.01. The summed E-state index contributed by atoms with van der Waals surface area (Å²) >= 11 is 7.07. The van der Waals surface area contributed by atoms with Crippen LogP contribution in [0, 0.1) is 11.7 Å². The minimum atomic E-state index is -0.655. The average molecular weight is 490 g/mol. The second-order valence-corrected chi connectivity index (χ2v) is 9.40. The van der Waals surface area contributed by atoms with E-state index in [0.29, 0.717) is 27.7 Å². The van der Waals surface area contributed by atoms with Gasteiger partial charge in [0.25, 0.3) is 11.5 Å². The number of thiophene rings is 1. The Labute approximate surface area is 198 Å². The molecule has 3 atom stereocenters. The van der Waals surface area contributed by atoms with Crippen molar-refractivity contribution >= 4 is 40.4 Å². The number of anilines is 1. The second-order valence-electron chi connectivity index (χ2n) is 7.69. The zero-order chi connectivity index (χ0) is 23.5. The lowest BCUT2D eigenvalue weighted by atomic mass is 10.1. The van der Waals surface area contributed by atoms with Crippen LogP contribution in [0.25, 0.3) is 5.69 Å². The van der Waals surface area contributed by atoms with Gasteiger partial charge in [0.15, 0.2) is 0 Å². The van der Waals surface area contributed by atoms with Gasteiger partial charge >= 0.3 is 0 Å². The van der Waals surface area contributed by atoms with Crippen molar-refractivity contribution < 1.29 is 18.7 Å². The number of nitrogens with zero attached hydrogens (tertiary/aromatic N) is 1. The van der Waals surface area contributed by atoms with Gasteiger partial charge in [0.1, 0.15) is 5.82 Å². The van der Waals surface area contributed by atoms with E-state index in [2.05, 4.69) is 10.6 Å². The highest BCUT2D eigenvalue weighted by atomic mass is 35.5. The standard InChI is InChI=1S/C23H21ClFN3O4S/c1-32-18-11-13(10-17(18)27-23(31)19-7-8-20(24)33-19)22(30)26-16-6-5-14(12-15(16)25)28-9-3-2-4-21(28)29/h2-9,12-13,17-18H,10-11H2,1H3,(H,26,30)(H,27,31)/t13-,17-,18-/m0/s1. The van der Waals surface area contributed by atoms with Gasteiger partial charge in [0.2, 0.25) is 5.91 Å². The Bertz CT molecular complexity index is 1240. The number of benzene rings is 1. The Morgan fingerprint density at radius 3 is 2.67 bits per heavy atom. The Kier molecular flexibility index (Phi) is 6.92. The first-order valence-corrected chi connectivity index (χ1v) is 11.4. The summed E-state index contributed by atoms with van der Waals surface area (Å²) in [6, 6.07) is 11.7. The van der Waals surface area contributed by atoms with E-state index >= 15 is 0 Å². The molecule has 3 aromatic rings. The van der Waals surface area contributed by atoms with Crippen molar-refractivity contribution in [3.63, 3.8) is 0 Å². The molecule has 0 spiro atoms. The topological polar surface area (TPSA) is 89.4 Å². The number of aromatic nitrogens is 1. The van der Waals surface area contributed by atoms with Crippen molar-refractivity contribution in [2.75, 3.05) is 12.4 Å². The molecule has 2 amide bonds. The van der Waals surface area contributed by atoms with Crippen molar-refractivity contribution in [2.45, 2.75) is 25.0 Å². The number of halogens is 2. The number of amides is 2. The predicted octanol–water partition coefficient (Wildman–Crippen LogP) is 3.85. The number of pyridine rings is 1. The summed E-state index contributed by atoms with van der Waals surface area (Å²) in [7, 11) is 1.52. The second kappa shape index (κ2) is 9.86. The molecule has 2 aromatic heterocycles. The maximum absolute atomic E-state index is 14.7. The molecule has 0 saturated heterocycles. The number of ether oxygens (including phenoxy) is 1. The Morgan fingerprint density at radius 2 is 2.00 bits per heavy atom. The highest BCUT2D eigenvalue weighted by Crippen LogP contribution is 2.31. The van der Waals surface area contributed by atoms with Gasteiger partial charge in [-0.15, -0.1) is 11.3 Å². The highest BCUT2D eigenvalue weighted by Gasteiger charge is 2.39. The molecule has 33 heavy (non-hydrogen) atoms. The van der Waals surface area contributed by atoms with Crippen molar-refractivity contribution in [2.24, 2.45) is 5.92 Å². The smallest absolute Gasteiger partial charge is 0.261 e. The van der Waals surface area contributed by atoms with E-state index in [-0.39, 0.29) is 35.2 Å². The van der Waals surface area contributed by atoms with E-state index in [0.717, 1.165) is 0 Å². The normalized spacial score (nSPS) is 19.9. The molecule has 1 aliphatic rings. The summed E-state index contributed by atoms with van der Waals surface area (Å²) in [6.45, 7) is 0. The molecule has 1 aliphatic carbocycles. The van der Waals surface area contributed by atoms with Crippen molar-refractivity contribution in [3.8, 4) is 5.69 Å². The van der Waals surface area contributed by atoms with Gasteiger partial charge in [-0.3, -0.25) is 19.0 Å². The highest BCUT2D eigenvalue weighted by molar-refractivity contribution is 7.18. The molecule has 2 heterocycles. The molecular formula is C23H21ClFN3O4S. The number of rotatable bonds is 6. The Balaban J connectivity index is 1.42. The minimum absolute atomic E-state index is 0.0161. The molecule has 1 fully saturated rings. The first-order valence-electron chi connectivity index (χ1n) is 10.2. The van der Waals surface area contributed by atoms with Crippen LogP contribution in [0.4, 0.5) is 10.1 Å². The molecule has 2 N–H and O–H groups in total. The fraction of sp³-hybridized carbons (Fsp3) is 0.261. The number of nitrogens with one attached hydrogen (secondary N) is 2. The van der Waals surface area contributed by atoms with Gasteiger partial charge < -0.3 is 15.4 Å². The summed E-state index contributed by atoms with van der Waals surface area (Å²) in [5, 5.41) is 5.52. The molecule has 4 rings (SSSR count). The zero-order valence-corrected chi connectivity index (χ0v) is 19.2. The molecule has 0 aliphatic heterocycles. The maximum Gasteiger partial charge on any atom is 0.261 e. The lowest BCUT2D eigenvalue weighted by Gasteiger charge is -2.18. The van der Waals surface area contributed by atoms with Crippen molar-refractivity contribution in [3.05, 3.63) is 80.1 Å². The third-order valence-electron chi connectivity index (χ3n) is 5.60. The number of carbonyl (C=O) groups is 2. The number of hydrogen-bond acceptors (Lipinski definition) is 5. The maximum atomic E-state index is 14.7. The number of carbonyl (C=O) groups excluding carboxylic acids is 2. The Morgan fingerprint density at radius 1 is 1.18 bits per heavy atom. The first kappa shape index (κ1) is 23.2. The molecule has 0 bridgehead atoms. The van der Waals surface area contributed by atoms with Gasteiger partial charge in [-0.25, -0.2) is 4.39 Å². The van der Waals surface area contributed by atoms with Gasteiger partial charge in [-0.2, -0.15) is 0 Å². The van der Waals surface area contributed by atoms with Crippen molar-refractivity contribution in [1.29, 1.82) is 0 Å². The van der Waals surface area contributed by atoms with Crippen LogP contribution in [0.5, 0.6) is 0 Å². The third-order valence-corrected chi connectivity index (χ3v) is 6.83. The number of methoxy groups -OCH3 is 1. The van der Waals surface area contributed by atoms with Crippen molar-refractivity contribution in [1.82, 2.24) is 9.88 Å². The fourth-order valence-corrected chi connectivity index (χ4v) is 4.88. The van der Waals surface area contributed by atoms with Gasteiger partial charge in [-0.05, 0) is 43.2 Å². The third kappa shape index (κ3) is 5.16. The number of hydrogen-bond donors (Lipinski definition) is 2.